The Morgan fingerprint density at radius 1 is 1.47 bits per heavy atom. The van der Waals surface area contributed by atoms with Gasteiger partial charge in [-0.25, -0.2) is 9.78 Å². The van der Waals surface area contributed by atoms with Gasteiger partial charge in [0.25, 0.3) is 5.91 Å². The minimum Gasteiger partial charge on any atom is -0.477 e. The maximum absolute atomic E-state index is 12.4. The number of nitrogens with zero attached hydrogens (tertiary/aromatic N) is 2. The SMILES string of the molecule is CCC1CC(C)CN1C(=O)c1ccc(C(=O)O)nc1. The highest BCUT2D eigenvalue weighted by Gasteiger charge is 2.32. The third-order valence-electron chi connectivity index (χ3n) is 3.59. The quantitative estimate of drug-likeness (QED) is 0.905. The van der Waals surface area contributed by atoms with Gasteiger partial charge in [0.2, 0.25) is 0 Å². The Labute approximate surface area is 112 Å². The fourth-order valence-corrected chi connectivity index (χ4v) is 2.60. The van der Waals surface area contributed by atoms with Gasteiger partial charge in [-0.1, -0.05) is 13.8 Å². The van der Waals surface area contributed by atoms with Crippen LogP contribution in [0.15, 0.2) is 18.3 Å². The van der Waals surface area contributed by atoms with Crippen molar-refractivity contribution in [3.8, 4) is 0 Å². The standard InChI is InChI=1S/C14H18N2O3/c1-3-11-6-9(2)8-16(11)13(17)10-4-5-12(14(18)19)15-7-10/h4-5,7,9,11H,3,6,8H2,1-2H3,(H,18,19). The van der Waals surface area contributed by atoms with Crippen LogP contribution in [0, 0.1) is 5.92 Å². The molecule has 0 bridgehead atoms. The first kappa shape index (κ1) is 13.5. The molecule has 2 unspecified atom stereocenters. The molecule has 19 heavy (non-hydrogen) atoms. The van der Waals surface area contributed by atoms with E-state index in [1.54, 1.807) is 0 Å². The maximum atomic E-state index is 12.4. The normalized spacial score (nSPS) is 22.5. The number of aromatic carboxylic acids is 1. The molecular formula is C14H18N2O3. The molecule has 1 amide bonds. The number of carbonyl (C=O) groups excluding carboxylic acids is 1. The highest BCUT2D eigenvalue weighted by Crippen LogP contribution is 2.26. The lowest BCUT2D eigenvalue weighted by atomic mass is 10.1. The molecule has 2 rings (SSSR count). The fourth-order valence-electron chi connectivity index (χ4n) is 2.60. The molecule has 0 spiro atoms. The predicted molar refractivity (Wildman–Crippen MR) is 70.1 cm³/mol. The van der Waals surface area contributed by atoms with E-state index < -0.39 is 5.97 Å². The molecule has 102 valence electrons. The molecule has 1 aromatic rings. The highest BCUT2D eigenvalue weighted by molar-refractivity contribution is 5.95. The number of likely N-dealkylation sites (tertiary alicyclic amines) is 1. The Bertz CT molecular complexity index is 484. The van der Waals surface area contributed by atoms with Gasteiger partial charge in [-0.2, -0.15) is 0 Å². The van der Waals surface area contributed by atoms with E-state index in [0.717, 1.165) is 19.4 Å². The second kappa shape index (κ2) is 5.38. The summed E-state index contributed by atoms with van der Waals surface area (Å²) in [6.07, 6.45) is 3.32. The van der Waals surface area contributed by atoms with Crippen LogP contribution in [0.4, 0.5) is 0 Å². The third-order valence-corrected chi connectivity index (χ3v) is 3.59. The summed E-state index contributed by atoms with van der Waals surface area (Å²) in [7, 11) is 0. The lowest BCUT2D eigenvalue weighted by Gasteiger charge is -2.23. The Hall–Kier alpha value is -1.91. The van der Waals surface area contributed by atoms with E-state index in [9.17, 15) is 9.59 Å². The third kappa shape index (κ3) is 2.75. The van der Waals surface area contributed by atoms with Crippen LogP contribution < -0.4 is 0 Å². The number of hydrogen-bond donors (Lipinski definition) is 1. The van der Waals surface area contributed by atoms with Crippen molar-refractivity contribution in [1.82, 2.24) is 9.88 Å². The molecular weight excluding hydrogens is 244 g/mol. The van der Waals surface area contributed by atoms with Gasteiger partial charge in [0, 0.05) is 18.8 Å². The summed E-state index contributed by atoms with van der Waals surface area (Å²) in [6.45, 7) is 4.98. The molecule has 0 saturated carbocycles. The number of aromatic nitrogens is 1. The molecule has 0 aliphatic carbocycles. The van der Waals surface area contributed by atoms with Gasteiger partial charge in [0.1, 0.15) is 5.69 Å². The zero-order chi connectivity index (χ0) is 14.0. The van der Waals surface area contributed by atoms with Crippen molar-refractivity contribution in [1.29, 1.82) is 0 Å². The zero-order valence-electron chi connectivity index (χ0n) is 11.2. The van der Waals surface area contributed by atoms with Crippen LogP contribution in [0.5, 0.6) is 0 Å². The smallest absolute Gasteiger partial charge is 0.354 e. The zero-order valence-corrected chi connectivity index (χ0v) is 11.2. The molecule has 1 aromatic heterocycles. The molecule has 1 saturated heterocycles. The van der Waals surface area contributed by atoms with Crippen molar-refractivity contribution in [2.45, 2.75) is 32.7 Å². The second-order valence-corrected chi connectivity index (χ2v) is 5.10. The first-order chi connectivity index (χ1) is 9.02. The summed E-state index contributed by atoms with van der Waals surface area (Å²) in [6, 6.07) is 3.19. The molecule has 2 heterocycles. The van der Waals surface area contributed by atoms with E-state index in [1.807, 2.05) is 4.90 Å². The van der Waals surface area contributed by atoms with Crippen molar-refractivity contribution in [2.75, 3.05) is 6.54 Å². The van der Waals surface area contributed by atoms with Crippen LogP contribution in [-0.2, 0) is 0 Å². The van der Waals surface area contributed by atoms with Crippen molar-refractivity contribution in [3.63, 3.8) is 0 Å². The molecule has 1 fully saturated rings. The van der Waals surface area contributed by atoms with Crippen molar-refractivity contribution >= 4 is 11.9 Å². The van der Waals surface area contributed by atoms with Crippen LogP contribution in [0.25, 0.3) is 0 Å². The average Bonchev–Trinajstić information content (AvgIpc) is 2.79. The Morgan fingerprint density at radius 3 is 2.74 bits per heavy atom. The average molecular weight is 262 g/mol. The van der Waals surface area contributed by atoms with Crippen LogP contribution >= 0.6 is 0 Å². The maximum Gasteiger partial charge on any atom is 0.354 e. The molecule has 1 aliphatic heterocycles. The first-order valence-electron chi connectivity index (χ1n) is 6.53. The molecule has 1 N–H and O–H groups in total. The Morgan fingerprint density at radius 2 is 2.21 bits per heavy atom. The summed E-state index contributed by atoms with van der Waals surface area (Å²) < 4.78 is 0. The number of carboxylic acid groups (broad SMARTS) is 1. The first-order valence-corrected chi connectivity index (χ1v) is 6.53. The molecule has 5 nitrogen and oxygen atoms in total. The number of hydrogen-bond acceptors (Lipinski definition) is 3. The van der Waals surface area contributed by atoms with Crippen LogP contribution in [-0.4, -0.2) is 39.5 Å². The summed E-state index contributed by atoms with van der Waals surface area (Å²) in [5, 5.41) is 8.78. The number of carboxylic acids is 1. The van der Waals surface area contributed by atoms with E-state index >= 15 is 0 Å². The molecule has 0 radical (unpaired) electrons. The minimum absolute atomic E-state index is 0.0432. The van der Waals surface area contributed by atoms with Gasteiger partial charge in [0.05, 0.1) is 5.56 Å². The monoisotopic (exact) mass is 262 g/mol. The summed E-state index contributed by atoms with van der Waals surface area (Å²) in [5.74, 6) is -0.624. The fraction of sp³-hybridized carbons (Fsp3) is 0.500. The van der Waals surface area contributed by atoms with Gasteiger partial charge in [-0.3, -0.25) is 4.79 Å². The molecule has 5 heteroatoms. The van der Waals surface area contributed by atoms with Crippen molar-refractivity contribution in [2.24, 2.45) is 5.92 Å². The lowest BCUT2D eigenvalue weighted by Crippen LogP contribution is -2.35. The number of carbonyl (C=O) groups is 2. The van der Waals surface area contributed by atoms with Gasteiger partial charge in [-0.15, -0.1) is 0 Å². The van der Waals surface area contributed by atoms with Gasteiger partial charge in [0.15, 0.2) is 0 Å². The minimum atomic E-state index is -1.08. The molecule has 1 aliphatic rings. The van der Waals surface area contributed by atoms with Gasteiger partial charge in [-0.05, 0) is 30.9 Å². The number of rotatable bonds is 3. The molecule has 0 aromatic carbocycles. The Balaban J connectivity index is 2.17. The largest absolute Gasteiger partial charge is 0.477 e. The van der Waals surface area contributed by atoms with E-state index in [1.165, 1.54) is 18.3 Å². The van der Waals surface area contributed by atoms with Gasteiger partial charge >= 0.3 is 5.97 Å². The predicted octanol–water partition coefficient (Wildman–Crippen LogP) is 2.04. The highest BCUT2D eigenvalue weighted by atomic mass is 16.4. The summed E-state index contributed by atoms with van der Waals surface area (Å²) in [5.41, 5.74) is 0.413. The van der Waals surface area contributed by atoms with Gasteiger partial charge < -0.3 is 10.0 Å². The Kier molecular flexibility index (Phi) is 3.83. The number of pyridine rings is 1. The second-order valence-electron chi connectivity index (χ2n) is 5.10. The van der Waals surface area contributed by atoms with Crippen molar-refractivity contribution in [3.05, 3.63) is 29.6 Å². The topological polar surface area (TPSA) is 70.5 Å². The van der Waals surface area contributed by atoms with Crippen LogP contribution in [0.3, 0.4) is 0 Å². The lowest BCUT2D eigenvalue weighted by molar-refractivity contribution is 0.0685. The van der Waals surface area contributed by atoms with E-state index in [0.29, 0.717) is 11.5 Å². The summed E-state index contributed by atoms with van der Waals surface area (Å²) in [4.78, 5) is 28.8. The van der Waals surface area contributed by atoms with E-state index in [4.69, 9.17) is 5.11 Å². The van der Waals surface area contributed by atoms with Crippen LogP contribution in [0.1, 0.15) is 47.5 Å². The van der Waals surface area contributed by atoms with E-state index in [-0.39, 0.29) is 17.6 Å². The van der Waals surface area contributed by atoms with E-state index in [2.05, 4.69) is 18.8 Å². The van der Waals surface area contributed by atoms with Crippen molar-refractivity contribution < 1.29 is 14.7 Å². The van der Waals surface area contributed by atoms with Crippen LogP contribution in [0.2, 0.25) is 0 Å². The molecule has 2 atom stereocenters. The number of amides is 1. The summed E-state index contributed by atoms with van der Waals surface area (Å²) >= 11 is 0.